The molecular formula is C11H14BrFO2. The first-order valence-electron chi connectivity index (χ1n) is 4.73. The highest BCUT2D eigenvalue weighted by Crippen LogP contribution is 2.26. The number of aliphatic hydroxyl groups is 1. The summed E-state index contributed by atoms with van der Waals surface area (Å²) in [5.74, 6) is -0.428. The highest BCUT2D eigenvalue weighted by Gasteiger charge is 2.26. The molecule has 0 spiro atoms. The Kier molecular flexibility index (Phi) is 4.25. The van der Waals surface area contributed by atoms with Crippen LogP contribution in [0.15, 0.2) is 22.7 Å². The topological polar surface area (TPSA) is 29.5 Å². The molecule has 1 aromatic carbocycles. The molecule has 0 aliphatic rings. The molecule has 84 valence electrons. The van der Waals surface area contributed by atoms with Crippen molar-refractivity contribution in [3.05, 3.63) is 34.1 Å². The predicted molar refractivity (Wildman–Crippen MR) is 60.2 cm³/mol. The maximum atomic E-state index is 13.5. The van der Waals surface area contributed by atoms with Gasteiger partial charge in [-0.15, -0.1) is 0 Å². The Morgan fingerprint density at radius 1 is 1.53 bits per heavy atom. The highest BCUT2D eigenvalue weighted by molar-refractivity contribution is 9.10. The van der Waals surface area contributed by atoms with Crippen molar-refractivity contribution in [2.45, 2.75) is 19.4 Å². The van der Waals surface area contributed by atoms with Gasteiger partial charge in [-0.1, -0.05) is 15.9 Å². The molecule has 0 radical (unpaired) electrons. The number of benzene rings is 1. The zero-order valence-electron chi connectivity index (χ0n) is 8.76. The maximum absolute atomic E-state index is 13.5. The Labute approximate surface area is 97.2 Å². The van der Waals surface area contributed by atoms with E-state index in [1.54, 1.807) is 12.1 Å². The molecule has 0 saturated heterocycles. The molecule has 0 fully saturated rings. The Morgan fingerprint density at radius 2 is 2.20 bits per heavy atom. The third kappa shape index (κ3) is 3.26. The summed E-state index contributed by atoms with van der Waals surface area (Å²) in [5, 5.41) is 10.0. The van der Waals surface area contributed by atoms with Gasteiger partial charge in [0.2, 0.25) is 0 Å². The van der Waals surface area contributed by atoms with Crippen molar-refractivity contribution in [3.63, 3.8) is 0 Å². The first-order valence-corrected chi connectivity index (χ1v) is 5.52. The first kappa shape index (κ1) is 12.6. The molecule has 0 aliphatic carbocycles. The van der Waals surface area contributed by atoms with E-state index in [0.717, 1.165) is 4.47 Å². The summed E-state index contributed by atoms with van der Waals surface area (Å²) in [6.45, 7) is 3.93. The van der Waals surface area contributed by atoms with E-state index in [-0.39, 0.29) is 12.2 Å². The van der Waals surface area contributed by atoms with Crippen molar-refractivity contribution in [2.75, 3.05) is 13.2 Å². The summed E-state index contributed by atoms with van der Waals surface area (Å²) in [5.41, 5.74) is -1.06. The van der Waals surface area contributed by atoms with Crippen molar-refractivity contribution < 1.29 is 14.2 Å². The van der Waals surface area contributed by atoms with Gasteiger partial charge in [0.1, 0.15) is 11.4 Å². The van der Waals surface area contributed by atoms with E-state index in [2.05, 4.69) is 15.9 Å². The van der Waals surface area contributed by atoms with Crippen LogP contribution in [0.3, 0.4) is 0 Å². The van der Waals surface area contributed by atoms with Crippen LogP contribution in [0.25, 0.3) is 0 Å². The smallest absolute Gasteiger partial charge is 0.129 e. The minimum atomic E-state index is -1.30. The molecule has 0 aromatic heterocycles. The van der Waals surface area contributed by atoms with E-state index in [4.69, 9.17) is 4.74 Å². The molecule has 0 aliphatic heterocycles. The highest BCUT2D eigenvalue weighted by atomic mass is 79.9. The molecular weight excluding hydrogens is 263 g/mol. The second kappa shape index (κ2) is 5.05. The predicted octanol–water partition coefficient (Wildman–Crippen LogP) is 2.83. The number of rotatable bonds is 4. The van der Waals surface area contributed by atoms with Gasteiger partial charge >= 0.3 is 0 Å². The average molecular weight is 277 g/mol. The summed E-state index contributed by atoms with van der Waals surface area (Å²) in [6, 6.07) is 4.48. The summed E-state index contributed by atoms with van der Waals surface area (Å²) >= 11 is 3.24. The monoisotopic (exact) mass is 276 g/mol. The van der Waals surface area contributed by atoms with Gasteiger partial charge < -0.3 is 9.84 Å². The molecule has 1 N–H and O–H groups in total. The van der Waals surface area contributed by atoms with Crippen LogP contribution in [0.2, 0.25) is 0 Å². The Balaban J connectivity index is 2.97. The van der Waals surface area contributed by atoms with Gasteiger partial charge in [-0.3, -0.25) is 0 Å². The Hall–Kier alpha value is -0.450. The molecule has 1 unspecified atom stereocenters. The largest absolute Gasteiger partial charge is 0.383 e. The van der Waals surface area contributed by atoms with Crippen LogP contribution in [0.5, 0.6) is 0 Å². The normalized spacial score (nSPS) is 15.0. The molecule has 0 heterocycles. The molecule has 1 rings (SSSR count). The third-order valence-electron chi connectivity index (χ3n) is 2.10. The van der Waals surface area contributed by atoms with Crippen molar-refractivity contribution in [1.29, 1.82) is 0 Å². The minimum Gasteiger partial charge on any atom is -0.383 e. The van der Waals surface area contributed by atoms with Gasteiger partial charge in [-0.2, -0.15) is 0 Å². The second-order valence-corrected chi connectivity index (χ2v) is 4.45. The third-order valence-corrected chi connectivity index (χ3v) is 2.59. The van der Waals surface area contributed by atoms with Crippen LogP contribution in [0, 0.1) is 5.82 Å². The van der Waals surface area contributed by atoms with E-state index in [1.807, 2.05) is 6.92 Å². The van der Waals surface area contributed by atoms with Gasteiger partial charge in [-0.25, -0.2) is 4.39 Å². The average Bonchev–Trinajstić information content (AvgIpc) is 2.18. The SMILES string of the molecule is CCOCC(C)(O)c1cc(Br)ccc1F. The summed E-state index contributed by atoms with van der Waals surface area (Å²) in [6.07, 6.45) is 0. The lowest BCUT2D eigenvalue weighted by Crippen LogP contribution is -2.29. The van der Waals surface area contributed by atoms with E-state index >= 15 is 0 Å². The summed E-state index contributed by atoms with van der Waals surface area (Å²) in [7, 11) is 0. The van der Waals surface area contributed by atoms with Crippen molar-refractivity contribution >= 4 is 15.9 Å². The Morgan fingerprint density at radius 3 is 2.80 bits per heavy atom. The fourth-order valence-electron chi connectivity index (χ4n) is 1.29. The maximum Gasteiger partial charge on any atom is 0.129 e. The van der Waals surface area contributed by atoms with Crippen LogP contribution in [-0.4, -0.2) is 18.3 Å². The van der Waals surface area contributed by atoms with Crippen molar-refractivity contribution in [2.24, 2.45) is 0 Å². The van der Waals surface area contributed by atoms with E-state index in [0.29, 0.717) is 6.61 Å². The van der Waals surface area contributed by atoms with E-state index in [1.165, 1.54) is 13.0 Å². The van der Waals surface area contributed by atoms with Crippen molar-refractivity contribution in [1.82, 2.24) is 0 Å². The number of halogens is 2. The zero-order valence-corrected chi connectivity index (χ0v) is 10.3. The zero-order chi connectivity index (χ0) is 11.5. The molecule has 15 heavy (non-hydrogen) atoms. The van der Waals surface area contributed by atoms with E-state index < -0.39 is 11.4 Å². The lowest BCUT2D eigenvalue weighted by molar-refractivity contribution is -0.0365. The standard InChI is InChI=1S/C11H14BrFO2/c1-3-15-7-11(2,14)9-6-8(12)4-5-10(9)13/h4-6,14H,3,7H2,1-2H3. The van der Waals surface area contributed by atoms with Gasteiger partial charge in [0.25, 0.3) is 0 Å². The summed E-state index contributed by atoms with van der Waals surface area (Å²) in [4.78, 5) is 0. The summed E-state index contributed by atoms with van der Waals surface area (Å²) < 4.78 is 19.3. The lowest BCUT2D eigenvalue weighted by Gasteiger charge is -2.24. The van der Waals surface area contributed by atoms with Crippen LogP contribution in [0.4, 0.5) is 4.39 Å². The molecule has 0 amide bonds. The van der Waals surface area contributed by atoms with Crippen LogP contribution < -0.4 is 0 Å². The van der Waals surface area contributed by atoms with Crippen molar-refractivity contribution in [3.8, 4) is 0 Å². The van der Waals surface area contributed by atoms with Gasteiger partial charge in [0.05, 0.1) is 6.61 Å². The fourth-order valence-corrected chi connectivity index (χ4v) is 1.65. The van der Waals surface area contributed by atoms with Crippen LogP contribution in [0.1, 0.15) is 19.4 Å². The minimum absolute atomic E-state index is 0.0802. The molecule has 1 aromatic rings. The van der Waals surface area contributed by atoms with Gasteiger partial charge in [0, 0.05) is 16.6 Å². The Bertz CT molecular complexity index is 339. The number of ether oxygens (including phenoxy) is 1. The van der Waals surface area contributed by atoms with Crippen LogP contribution >= 0.6 is 15.9 Å². The molecule has 0 saturated carbocycles. The van der Waals surface area contributed by atoms with E-state index in [9.17, 15) is 9.50 Å². The number of hydrogen-bond acceptors (Lipinski definition) is 2. The molecule has 4 heteroatoms. The second-order valence-electron chi connectivity index (χ2n) is 3.54. The molecule has 2 nitrogen and oxygen atoms in total. The number of hydrogen-bond donors (Lipinski definition) is 1. The van der Waals surface area contributed by atoms with Gasteiger partial charge in [0.15, 0.2) is 0 Å². The first-order chi connectivity index (χ1) is 6.97. The van der Waals surface area contributed by atoms with Gasteiger partial charge in [-0.05, 0) is 32.0 Å². The molecule has 1 atom stereocenters. The lowest BCUT2D eigenvalue weighted by atomic mass is 9.96. The fraction of sp³-hybridized carbons (Fsp3) is 0.455. The molecule has 0 bridgehead atoms. The quantitative estimate of drug-likeness (QED) is 0.917. The van der Waals surface area contributed by atoms with Crippen LogP contribution in [-0.2, 0) is 10.3 Å².